The number of unbranched alkanes of at least 4 members (excludes halogenated alkanes) is 10. The number of likely N-dealkylation sites (tertiary alicyclic amines) is 1. The molecule has 0 unspecified atom stereocenters. The van der Waals surface area contributed by atoms with Gasteiger partial charge in [-0.05, 0) is 77.8 Å². The first-order valence-corrected chi connectivity index (χ1v) is 12.3. The van der Waals surface area contributed by atoms with Crippen LogP contribution in [0.3, 0.4) is 0 Å². The second-order valence-electron chi connectivity index (χ2n) is 8.63. The molecule has 1 aliphatic rings. The third-order valence-electron chi connectivity index (χ3n) is 6.05. The summed E-state index contributed by atoms with van der Waals surface area (Å²) in [5.74, 6) is 0. The number of rotatable bonds is 18. The molecule has 0 aromatic rings. The Hall–Kier alpha value is -0.0800. The van der Waals surface area contributed by atoms with Crippen LogP contribution in [0.4, 0.5) is 0 Å². The van der Waals surface area contributed by atoms with Crippen molar-refractivity contribution in [1.29, 1.82) is 0 Å². The van der Waals surface area contributed by atoms with Gasteiger partial charge in [0.05, 0.1) is 0 Å². The third kappa shape index (κ3) is 14.0. The van der Waals surface area contributed by atoms with Crippen molar-refractivity contribution in [3.8, 4) is 0 Å². The summed E-state index contributed by atoms with van der Waals surface area (Å²) in [7, 11) is 0. The molecular formula is C24H50N2. The van der Waals surface area contributed by atoms with Gasteiger partial charge in [0.2, 0.25) is 0 Å². The third-order valence-corrected chi connectivity index (χ3v) is 6.05. The highest BCUT2D eigenvalue weighted by Crippen LogP contribution is 2.13. The number of piperidine rings is 1. The van der Waals surface area contributed by atoms with Gasteiger partial charge >= 0.3 is 0 Å². The molecule has 1 rings (SSSR count). The van der Waals surface area contributed by atoms with Crippen LogP contribution in [-0.2, 0) is 0 Å². The fourth-order valence-corrected chi connectivity index (χ4v) is 4.19. The fourth-order valence-electron chi connectivity index (χ4n) is 4.19. The maximum Gasteiger partial charge on any atom is -0.00187 e. The van der Waals surface area contributed by atoms with E-state index in [2.05, 4.69) is 23.6 Å². The van der Waals surface area contributed by atoms with E-state index in [1.54, 1.807) is 0 Å². The summed E-state index contributed by atoms with van der Waals surface area (Å²) in [6.45, 7) is 12.7. The minimum Gasteiger partial charge on any atom is -0.303 e. The largest absolute Gasteiger partial charge is 0.303 e. The average molecular weight is 367 g/mol. The van der Waals surface area contributed by atoms with Crippen LogP contribution in [0.2, 0.25) is 0 Å². The van der Waals surface area contributed by atoms with Gasteiger partial charge < -0.3 is 9.80 Å². The van der Waals surface area contributed by atoms with E-state index in [4.69, 9.17) is 0 Å². The molecule has 1 fully saturated rings. The van der Waals surface area contributed by atoms with Crippen molar-refractivity contribution in [3.05, 3.63) is 0 Å². The molecular weight excluding hydrogens is 316 g/mol. The van der Waals surface area contributed by atoms with Crippen molar-refractivity contribution in [1.82, 2.24) is 9.80 Å². The van der Waals surface area contributed by atoms with Crippen LogP contribution in [0.5, 0.6) is 0 Å². The Morgan fingerprint density at radius 2 is 1.00 bits per heavy atom. The van der Waals surface area contributed by atoms with E-state index in [-0.39, 0.29) is 0 Å². The summed E-state index contributed by atoms with van der Waals surface area (Å²) in [5, 5.41) is 0. The molecule has 0 aliphatic carbocycles. The lowest BCUT2D eigenvalue weighted by atomic mass is 10.1. The number of hydrogen-bond donors (Lipinski definition) is 0. The molecule has 1 saturated heterocycles. The van der Waals surface area contributed by atoms with E-state index in [9.17, 15) is 0 Å². The van der Waals surface area contributed by atoms with Crippen LogP contribution in [0.15, 0.2) is 0 Å². The smallest absolute Gasteiger partial charge is 0.00187 e. The van der Waals surface area contributed by atoms with Crippen molar-refractivity contribution < 1.29 is 0 Å². The summed E-state index contributed by atoms with van der Waals surface area (Å²) < 4.78 is 0. The molecule has 0 aromatic carbocycles. The van der Waals surface area contributed by atoms with Crippen molar-refractivity contribution in [2.75, 3.05) is 39.3 Å². The highest BCUT2D eigenvalue weighted by molar-refractivity contribution is 4.64. The molecule has 0 bridgehead atoms. The van der Waals surface area contributed by atoms with E-state index in [0.717, 1.165) is 0 Å². The highest BCUT2D eigenvalue weighted by Gasteiger charge is 2.08. The molecule has 0 aromatic heterocycles. The summed E-state index contributed by atoms with van der Waals surface area (Å²) in [4.78, 5) is 5.41. The fraction of sp³-hybridized carbons (Fsp3) is 1.00. The normalized spacial score (nSPS) is 15.8. The van der Waals surface area contributed by atoms with Crippen LogP contribution in [0, 0.1) is 0 Å². The maximum atomic E-state index is 2.72. The molecule has 2 nitrogen and oxygen atoms in total. The zero-order valence-corrected chi connectivity index (χ0v) is 18.5. The number of hydrogen-bond acceptors (Lipinski definition) is 2. The van der Waals surface area contributed by atoms with E-state index in [0.29, 0.717) is 0 Å². The summed E-state index contributed by atoms with van der Waals surface area (Å²) >= 11 is 0. The first kappa shape index (κ1) is 24.0. The molecule has 0 radical (unpaired) electrons. The lowest BCUT2D eigenvalue weighted by Gasteiger charge is -2.26. The predicted molar refractivity (Wildman–Crippen MR) is 118 cm³/mol. The quantitative estimate of drug-likeness (QED) is 0.244. The maximum absolute atomic E-state index is 2.72. The van der Waals surface area contributed by atoms with Crippen LogP contribution in [0.25, 0.3) is 0 Å². The molecule has 2 heteroatoms. The Morgan fingerprint density at radius 3 is 1.54 bits per heavy atom. The molecule has 0 saturated carbocycles. The van der Waals surface area contributed by atoms with E-state index < -0.39 is 0 Å². The van der Waals surface area contributed by atoms with E-state index in [1.807, 2.05) is 0 Å². The minimum atomic E-state index is 1.33. The Balaban J connectivity index is 1.82. The van der Waals surface area contributed by atoms with Gasteiger partial charge in [0.15, 0.2) is 0 Å². The van der Waals surface area contributed by atoms with Crippen molar-refractivity contribution in [2.45, 2.75) is 117 Å². The highest BCUT2D eigenvalue weighted by atomic mass is 15.1. The minimum absolute atomic E-state index is 1.33. The summed E-state index contributed by atoms with van der Waals surface area (Å²) in [6, 6.07) is 0. The average Bonchev–Trinajstić information content (AvgIpc) is 2.68. The zero-order valence-electron chi connectivity index (χ0n) is 18.5. The van der Waals surface area contributed by atoms with Gasteiger partial charge in [0.1, 0.15) is 0 Å². The van der Waals surface area contributed by atoms with Crippen molar-refractivity contribution in [2.24, 2.45) is 0 Å². The lowest BCUT2D eigenvalue weighted by molar-refractivity contribution is 0.224. The standard InChI is InChI=1S/C24H50N2/c1-3-5-19-25(20-6-4-2)21-15-12-10-8-7-9-11-13-16-22-26-23-17-14-18-24-26/h3-24H2,1-2H3. The second kappa shape index (κ2) is 18.3. The first-order chi connectivity index (χ1) is 12.9. The first-order valence-electron chi connectivity index (χ1n) is 12.3. The molecule has 0 spiro atoms. The molecule has 0 N–H and O–H groups in total. The van der Waals surface area contributed by atoms with Gasteiger partial charge in [-0.3, -0.25) is 0 Å². The van der Waals surface area contributed by atoms with Gasteiger partial charge in [-0.15, -0.1) is 0 Å². The van der Waals surface area contributed by atoms with Gasteiger partial charge in [0, 0.05) is 0 Å². The summed E-state index contributed by atoms with van der Waals surface area (Å²) in [5.41, 5.74) is 0. The van der Waals surface area contributed by atoms with Gasteiger partial charge in [0.25, 0.3) is 0 Å². The summed E-state index contributed by atoms with van der Waals surface area (Å²) in [6.07, 6.45) is 22.9. The van der Waals surface area contributed by atoms with Gasteiger partial charge in [-0.25, -0.2) is 0 Å². The van der Waals surface area contributed by atoms with Crippen LogP contribution < -0.4 is 0 Å². The van der Waals surface area contributed by atoms with Crippen molar-refractivity contribution in [3.63, 3.8) is 0 Å². The lowest BCUT2D eigenvalue weighted by Crippen LogP contribution is -2.30. The Morgan fingerprint density at radius 1 is 0.538 bits per heavy atom. The van der Waals surface area contributed by atoms with Crippen LogP contribution in [-0.4, -0.2) is 49.1 Å². The predicted octanol–water partition coefficient (Wildman–Crippen LogP) is 6.89. The Kier molecular flexibility index (Phi) is 16.9. The second-order valence-corrected chi connectivity index (χ2v) is 8.63. The molecule has 26 heavy (non-hydrogen) atoms. The monoisotopic (exact) mass is 366 g/mol. The number of nitrogens with zero attached hydrogens (tertiary/aromatic N) is 2. The molecule has 1 aliphatic heterocycles. The van der Waals surface area contributed by atoms with Gasteiger partial charge in [-0.1, -0.05) is 78.1 Å². The van der Waals surface area contributed by atoms with E-state index in [1.165, 1.54) is 142 Å². The zero-order chi connectivity index (χ0) is 18.7. The molecule has 0 atom stereocenters. The van der Waals surface area contributed by atoms with Crippen LogP contribution in [0.1, 0.15) is 117 Å². The van der Waals surface area contributed by atoms with Gasteiger partial charge in [-0.2, -0.15) is 0 Å². The molecule has 1 heterocycles. The molecule has 156 valence electrons. The topological polar surface area (TPSA) is 6.48 Å². The van der Waals surface area contributed by atoms with E-state index >= 15 is 0 Å². The molecule has 0 amide bonds. The SMILES string of the molecule is CCCCN(CCCC)CCCCCCCCCCCN1CCCCC1. The Bertz CT molecular complexity index is 265. The Labute approximate surface area is 166 Å². The van der Waals surface area contributed by atoms with Crippen molar-refractivity contribution >= 4 is 0 Å². The van der Waals surface area contributed by atoms with Crippen LogP contribution >= 0.6 is 0 Å².